The Kier molecular flexibility index (Phi) is 4.69. The second kappa shape index (κ2) is 7.24. The van der Waals surface area contributed by atoms with Gasteiger partial charge in [0.1, 0.15) is 0 Å². The number of nitrogens with one attached hydrogen (secondary N) is 1. The van der Waals surface area contributed by atoms with Crippen molar-refractivity contribution in [1.29, 1.82) is 0 Å². The Balaban J connectivity index is 1.62. The summed E-state index contributed by atoms with van der Waals surface area (Å²) in [7, 11) is 0. The lowest BCUT2D eigenvalue weighted by Gasteiger charge is -2.52. The number of hydrogen-bond acceptors (Lipinski definition) is 4. The normalized spacial score (nSPS) is 23.6. The number of thiazole rings is 1. The van der Waals surface area contributed by atoms with Gasteiger partial charge in [0.15, 0.2) is 5.13 Å². The van der Waals surface area contributed by atoms with E-state index in [0.29, 0.717) is 10.7 Å². The number of amides is 2. The summed E-state index contributed by atoms with van der Waals surface area (Å²) >= 11 is 1.46. The van der Waals surface area contributed by atoms with Gasteiger partial charge >= 0.3 is 0 Å². The third-order valence-electron chi connectivity index (χ3n) is 7.01. The lowest BCUT2D eigenvalue weighted by molar-refractivity contribution is -0.121. The van der Waals surface area contributed by atoms with Crippen LogP contribution < -0.4 is 5.32 Å². The van der Waals surface area contributed by atoms with E-state index in [9.17, 15) is 9.59 Å². The maximum atomic E-state index is 13.7. The summed E-state index contributed by atoms with van der Waals surface area (Å²) < 4.78 is 0. The van der Waals surface area contributed by atoms with Gasteiger partial charge in [-0.15, -0.1) is 11.3 Å². The van der Waals surface area contributed by atoms with Gasteiger partial charge in [0, 0.05) is 17.0 Å². The van der Waals surface area contributed by atoms with Crippen LogP contribution in [0.4, 0.5) is 5.13 Å². The smallest absolute Gasteiger partial charge is 0.254 e. The second-order valence-corrected chi connectivity index (χ2v) is 9.59. The molecule has 1 N–H and O–H groups in total. The Morgan fingerprint density at radius 3 is 2.59 bits per heavy atom. The van der Waals surface area contributed by atoms with Gasteiger partial charge in [0.2, 0.25) is 5.91 Å². The number of carbonyl (C=O) groups is 2. The molecule has 5 rings (SSSR count). The van der Waals surface area contributed by atoms with Crippen molar-refractivity contribution in [2.45, 2.75) is 75.8 Å². The second-order valence-electron chi connectivity index (χ2n) is 8.73. The van der Waals surface area contributed by atoms with Crippen LogP contribution in [0.1, 0.15) is 78.9 Å². The molecule has 1 unspecified atom stereocenters. The molecule has 152 valence electrons. The fraction of sp³-hybridized carbons (Fsp3) is 0.522. The molecule has 1 atom stereocenters. The summed E-state index contributed by atoms with van der Waals surface area (Å²) in [5, 5.41) is 5.67. The van der Waals surface area contributed by atoms with E-state index in [2.05, 4.69) is 15.2 Å². The van der Waals surface area contributed by atoms with Crippen LogP contribution >= 0.6 is 11.3 Å². The predicted molar refractivity (Wildman–Crippen MR) is 114 cm³/mol. The van der Waals surface area contributed by atoms with Crippen molar-refractivity contribution in [2.75, 3.05) is 5.32 Å². The van der Waals surface area contributed by atoms with Gasteiger partial charge in [0.05, 0.1) is 17.2 Å². The molecular weight excluding hydrogens is 382 g/mol. The molecule has 1 aromatic heterocycles. The number of anilines is 1. The summed E-state index contributed by atoms with van der Waals surface area (Å²) in [6, 6.07) is 8.00. The molecule has 6 heteroatoms. The third kappa shape index (κ3) is 3.00. The average molecular weight is 410 g/mol. The first-order chi connectivity index (χ1) is 14.1. The summed E-state index contributed by atoms with van der Waals surface area (Å²) in [6.45, 7) is 1.93. The van der Waals surface area contributed by atoms with Gasteiger partial charge in [0.25, 0.3) is 5.91 Å². The van der Waals surface area contributed by atoms with E-state index in [-0.39, 0.29) is 23.8 Å². The van der Waals surface area contributed by atoms with Crippen molar-refractivity contribution in [3.63, 3.8) is 0 Å². The van der Waals surface area contributed by atoms with Crippen LogP contribution in [-0.2, 0) is 4.79 Å². The molecule has 3 aliphatic rings. The molecule has 2 amide bonds. The highest BCUT2D eigenvalue weighted by Gasteiger charge is 2.57. The molecule has 2 heterocycles. The Bertz CT molecular complexity index is 941. The van der Waals surface area contributed by atoms with Crippen LogP contribution in [-0.4, -0.2) is 33.3 Å². The monoisotopic (exact) mass is 409 g/mol. The molecule has 2 aromatic rings. The standard InChI is InChI=1S/C23H27N3O2S/c1-15-14-29-22(24-15)25-20(27)19-17-10-4-5-11-18(17)21(28)26(16-8-2-3-9-16)23(19)12-6-7-13-23/h4-5,10-11,14,16,19H,2-3,6-9,12-13H2,1H3,(H,24,25,27). The lowest BCUT2D eigenvalue weighted by atomic mass is 9.70. The van der Waals surface area contributed by atoms with Crippen LogP contribution in [0, 0.1) is 6.92 Å². The van der Waals surface area contributed by atoms with Crippen molar-refractivity contribution in [3.05, 3.63) is 46.5 Å². The van der Waals surface area contributed by atoms with Crippen LogP contribution in [0.25, 0.3) is 0 Å². The summed E-state index contributed by atoms with van der Waals surface area (Å²) in [5.41, 5.74) is 2.09. The molecule has 29 heavy (non-hydrogen) atoms. The average Bonchev–Trinajstić information content (AvgIpc) is 3.46. The number of aromatic nitrogens is 1. The topological polar surface area (TPSA) is 62.3 Å². The summed E-state index contributed by atoms with van der Waals surface area (Å²) in [4.78, 5) is 34.0. The number of carbonyl (C=O) groups excluding carboxylic acids is 2. The first kappa shape index (κ1) is 18.8. The first-order valence-electron chi connectivity index (χ1n) is 10.8. The number of aryl methyl sites for hydroxylation is 1. The zero-order valence-corrected chi connectivity index (χ0v) is 17.6. The van der Waals surface area contributed by atoms with Crippen LogP contribution in [0.15, 0.2) is 29.6 Å². The van der Waals surface area contributed by atoms with Crippen molar-refractivity contribution >= 4 is 28.3 Å². The molecule has 2 saturated carbocycles. The third-order valence-corrected chi connectivity index (χ3v) is 7.88. The number of rotatable bonds is 3. The van der Waals surface area contributed by atoms with Crippen molar-refractivity contribution < 1.29 is 9.59 Å². The maximum absolute atomic E-state index is 13.7. The Morgan fingerprint density at radius 2 is 1.90 bits per heavy atom. The molecule has 2 aliphatic carbocycles. The van der Waals surface area contributed by atoms with E-state index in [1.165, 1.54) is 24.2 Å². The van der Waals surface area contributed by atoms with Crippen molar-refractivity contribution in [3.8, 4) is 0 Å². The molecule has 0 bridgehead atoms. The van der Waals surface area contributed by atoms with E-state index in [4.69, 9.17) is 0 Å². The molecular formula is C23H27N3O2S. The first-order valence-corrected chi connectivity index (χ1v) is 11.6. The fourth-order valence-electron chi connectivity index (χ4n) is 5.89. The highest BCUT2D eigenvalue weighted by Crippen LogP contribution is 2.52. The van der Waals surface area contributed by atoms with Gasteiger partial charge in [-0.3, -0.25) is 9.59 Å². The van der Waals surface area contributed by atoms with Crippen LogP contribution in [0.2, 0.25) is 0 Å². The summed E-state index contributed by atoms with van der Waals surface area (Å²) in [5.74, 6) is -0.239. The molecule has 2 fully saturated rings. The quantitative estimate of drug-likeness (QED) is 0.785. The minimum atomic E-state index is -0.406. The van der Waals surface area contributed by atoms with Gasteiger partial charge < -0.3 is 10.2 Å². The molecule has 0 radical (unpaired) electrons. The summed E-state index contributed by atoms with van der Waals surface area (Å²) in [6.07, 6.45) is 8.38. The minimum Gasteiger partial charge on any atom is -0.329 e. The zero-order valence-electron chi connectivity index (χ0n) is 16.8. The van der Waals surface area contributed by atoms with Gasteiger partial charge in [-0.1, -0.05) is 43.9 Å². The molecule has 5 nitrogen and oxygen atoms in total. The van der Waals surface area contributed by atoms with Crippen LogP contribution in [0.5, 0.6) is 0 Å². The van der Waals surface area contributed by atoms with E-state index in [0.717, 1.165) is 49.8 Å². The van der Waals surface area contributed by atoms with Crippen molar-refractivity contribution in [1.82, 2.24) is 9.88 Å². The highest BCUT2D eigenvalue weighted by atomic mass is 32.1. The van der Waals surface area contributed by atoms with E-state index < -0.39 is 5.54 Å². The zero-order chi connectivity index (χ0) is 20.0. The van der Waals surface area contributed by atoms with E-state index >= 15 is 0 Å². The van der Waals surface area contributed by atoms with Gasteiger partial charge in [-0.05, 0) is 44.2 Å². The molecule has 1 spiro atoms. The lowest BCUT2D eigenvalue weighted by Crippen LogP contribution is -2.62. The molecule has 1 aliphatic heterocycles. The van der Waals surface area contributed by atoms with Crippen molar-refractivity contribution in [2.24, 2.45) is 0 Å². The van der Waals surface area contributed by atoms with E-state index in [1.54, 1.807) is 0 Å². The Morgan fingerprint density at radius 1 is 1.17 bits per heavy atom. The van der Waals surface area contributed by atoms with Gasteiger partial charge in [-0.25, -0.2) is 4.98 Å². The predicted octanol–water partition coefficient (Wildman–Crippen LogP) is 4.89. The SMILES string of the molecule is Cc1csc(NC(=O)C2c3ccccc3C(=O)N(C3CCCC3)C23CCCC3)n1. The number of hydrogen-bond donors (Lipinski definition) is 1. The van der Waals surface area contributed by atoms with Crippen LogP contribution in [0.3, 0.4) is 0 Å². The molecule has 1 aromatic carbocycles. The number of benzene rings is 1. The Labute approximate surface area is 175 Å². The Hall–Kier alpha value is -2.21. The number of fused-ring (bicyclic) bond motifs is 1. The fourth-order valence-corrected chi connectivity index (χ4v) is 6.58. The maximum Gasteiger partial charge on any atom is 0.254 e. The highest BCUT2D eigenvalue weighted by molar-refractivity contribution is 7.13. The van der Waals surface area contributed by atoms with Gasteiger partial charge in [-0.2, -0.15) is 0 Å². The van der Waals surface area contributed by atoms with E-state index in [1.807, 2.05) is 36.6 Å². The number of nitrogens with zero attached hydrogens (tertiary/aromatic N) is 2. The minimum absolute atomic E-state index is 0.0239. The largest absolute Gasteiger partial charge is 0.329 e. The molecule has 0 saturated heterocycles.